The van der Waals surface area contributed by atoms with Crippen LogP contribution in [0.15, 0.2) is 22.0 Å². The summed E-state index contributed by atoms with van der Waals surface area (Å²) in [5, 5.41) is 7.57. The van der Waals surface area contributed by atoms with E-state index in [-0.39, 0.29) is 11.9 Å². The van der Waals surface area contributed by atoms with Crippen LogP contribution in [-0.2, 0) is 16.9 Å². The number of H-pyrrole nitrogens is 1. The van der Waals surface area contributed by atoms with Crippen molar-refractivity contribution in [2.45, 2.75) is 96.2 Å². The summed E-state index contributed by atoms with van der Waals surface area (Å²) >= 11 is 0. The number of ether oxygens (including phenoxy) is 1. The molecule has 0 radical (unpaired) electrons. The molecule has 3 heterocycles. The van der Waals surface area contributed by atoms with Gasteiger partial charge in [0.15, 0.2) is 11.5 Å². The van der Waals surface area contributed by atoms with Gasteiger partial charge in [0, 0.05) is 19.2 Å². The third-order valence-electron chi connectivity index (χ3n) is 9.13. The smallest absolute Gasteiger partial charge is 0.367 e. The molecule has 2 N–H and O–H groups in total. The number of nitrogens with zero attached hydrogens (tertiary/aromatic N) is 5. The molecule has 38 heavy (non-hydrogen) atoms. The number of hydrogen-bond acceptors (Lipinski definition) is 8. The van der Waals surface area contributed by atoms with E-state index in [0.29, 0.717) is 35.8 Å². The Morgan fingerprint density at radius 1 is 1.18 bits per heavy atom. The number of anilines is 1. The molecule has 204 valence electrons. The molecule has 3 aromatic heterocycles. The van der Waals surface area contributed by atoms with E-state index < -0.39 is 11.4 Å². The molecule has 3 aliphatic rings. The molecule has 0 aromatic carbocycles. The molecule has 3 aromatic rings. The van der Waals surface area contributed by atoms with E-state index in [9.17, 15) is 4.79 Å². The molecule has 3 saturated carbocycles. The number of aromatic amines is 1. The molecule has 0 bridgehead atoms. The van der Waals surface area contributed by atoms with Crippen molar-refractivity contribution in [2.24, 2.45) is 17.8 Å². The standard InChI is InChI=1S/C28H39N7O3/c1-4-18-10-12-19(13-11-18)16-35-21-22(29-17(3)20-8-6-9-20)30-24(25-33-27(36)38-34-25)31-23(21)32-26(35)28(37-5-2)14-7-15-28/h4,17-20H,1,5-16H2,2-3H3,(H,29,30,31)(H,33,34,36)/t17-,18-,19-/m1/s1. The molecule has 0 spiro atoms. The summed E-state index contributed by atoms with van der Waals surface area (Å²) in [4.78, 5) is 29.1. The van der Waals surface area contributed by atoms with Gasteiger partial charge in [0.1, 0.15) is 16.9 Å². The number of hydrogen-bond donors (Lipinski definition) is 2. The van der Waals surface area contributed by atoms with Crippen LogP contribution in [0, 0.1) is 17.8 Å². The van der Waals surface area contributed by atoms with Crippen molar-refractivity contribution in [1.29, 1.82) is 0 Å². The normalized spacial score (nSPS) is 24.1. The molecule has 0 aliphatic heterocycles. The first-order valence-electron chi connectivity index (χ1n) is 14.4. The topological polar surface area (TPSA) is 124 Å². The van der Waals surface area contributed by atoms with Crippen LogP contribution < -0.4 is 11.1 Å². The van der Waals surface area contributed by atoms with Gasteiger partial charge in [-0.15, -0.1) is 6.58 Å². The highest BCUT2D eigenvalue weighted by atomic mass is 16.5. The lowest BCUT2D eigenvalue weighted by molar-refractivity contribution is -0.109. The molecular weight excluding hydrogens is 482 g/mol. The van der Waals surface area contributed by atoms with Crippen molar-refractivity contribution in [2.75, 3.05) is 11.9 Å². The Morgan fingerprint density at radius 2 is 1.97 bits per heavy atom. The average molecular weight is 522 g/mol. The van der Waals surface area contributed by atoms with E-state index in [0.717, 1.165) is 55.8 Å². The molecule has 10 heteroatoms. The molecule has 3 aliphatic carbocycles. The second-order valence-electron chi connectivity index (χ2n) is 11.5. The summed E-state index contributed by atoms with van der Waals surface area (Å²) in [5.41, 5.74) is 1.12. The number of aromatic nitrogens is 6. The Labute approximate surface area is 222 Å². The van der Waals surface area contributed by atoms with Crippen LogP contribution in [0.2, 0.25) is 0 Å². The van der Waals surface area contributed by atoms with Crippen LogP contribution in [0.3, 0.4) is 0 Å². The number of rotatable bonds is 10. The Hall–Kier alpha value is -3.01. The minimum Gasteiger partial charge on any atom is -0.367 e. The third-order valence-corrected chi connectivity index (χ3v) is 9.13. The second kappa shape index (κ2) is 10.3. The highest BCUT2D eigenvalue weighted by Crippen LogP contribution is 2.46. The van der Waals surface area contributed by atoms with E-state index >= 15 is 0 Å². The quantitative estimate of drug-likeness (QED) is 0.350. The molecule has 0 unspecified atom stereocenters. The van der Waals surface area contributed by atoms with Gasteiger partial charge in [-0.3, -0.25) is 9.51 Å². The fourth-order valence-corrected chi connectivity index (χ4v) is 6.44. The SMILES string of the molecule is C=C[C@H]1CC[C@H](Cn2c(C3(OCC)CCC3)nc3nc(-c4noc(=O)[nH]4)nc(N[C@H](C)C4CCC4)c32)CC1. The van der Waals surface area contributed by atoms with Crippen LogP contribution in [0.25, 0.3) is 22.8 Å². The minimum atomic E-state index is -0.632. The fourth-order valence-electron chi connectivity index (χ4n) is 6.44. The lowest BCUT2D eigenvalue weighted by atomic mass is 9.78. The van der Waals surface area contributed by atoms with Crippen molar-refractivity contribution in [3.63, 3.8) is 0 Å². The first-order valence-corrected chi connectivity index (χ1v) is 14.4. The predicted molar refractivity (Wildman–Crippen MR) is 145 cm³/mol. The molecule has 10 nitrogen and oxygen atoms in total. The molecule has 0 amide bonds. The summed E-state index contributed by atoms with van der Waals surface area (Å²) in [6.07, 6.45) is 13.5. The third kappa shape index (κ3) is 4.57. The van der Waals surface area contributed by atoms with Crippen LogP contribution in [0.5, 0.6) is 0 Å². The molecular formula is C28H39N7O3. The predicted octanol–water partition coefficient (Wildman–Crippen LogP) is 5.18. The van der Waals surface area contributed by atoms with Gasteiger partial charge < -0.3 is 14.6 Å². The van der Waals surface area contributed by atoms with E-state index in [2.05, 4.69) is 46.5 Å². The molecule has 1 atom stereocenters. The summed E-state index contributed by atoms with van der Waals surface area (Å²) in [7, 11) is 0. The Kier molecular flexibility index (Phi) is 6.84. The van der Waals surface area contributed by atoms with Gasteiger partial charge in [0.05, 0.1) is 0 Å². The Balaban J connectivity index is 1.48. The van der Waals surface area contributed by atoms with Crippen LogP contribution >= 0.6 is 0 Å². The van der Waals surface area contributed by atoms with Gasteiger partial charge in [0.2, 0.25) is 11.6 Å². The zero-order valence-electron chi connectivity index (χ0n) is 22.5. The first-order chi connectivity index (χ1) is 18.5. The zero-order chi connectivity index (χ0) is 26.3. The summed E-state index contributed by atoms with van der Waals surface area (Å²) in [6.45, 7) is 9.79. The number of imidazole rings is 1. The summed E-state index contributed by atoms with van der Waals surface area (Å²) in [5.74, 6) is 3.33. The average Bonchev–Trinajstić information content (AvgIpc) is 3.44. The van der Waals surface area contributed by atoms with Gasteiger partial charge in [-0.1, -0.05) is 17.7 Å². The van der Waals surface area contributed by atoms with Crippen molar-refractivity contribution >= 4 is 17.0 Å². The largest absolute Gasteiger partial charge is 0.439 e. The van der Waals surface area contributed by atoms with Gasteiger partial charge in [-0.05, 0) is 89.4 Å². The van der Waals surface area contributed by atoms with Crippen molar-refractivity contribution < 1.29 is 9.26 Å². The molecule has 3 fully saturated rings. The number of nitrogens with one attached hydrogen (secondary N) is 2. The second-order valence-corrected chi connectivity index (χ2v) is 11.5. The number of allylic oxidation sites excluding steroid dienone is 1. The van der Waals surface area contributed by atoms with Crippen LogP contribution in [-0.4, -0.2) is 42.3 Å². The first kappa shape index (κ1) is 25.3. The van der Waals surface area contributed by atoms with E-state index in [1.807, 2.05) is 0 Å². The summed E-state index contributed by atoms with van der Waals surface area (Å²) < 4.78 is 13.5. The van der Waals surface area contributed by atoms with Crippen LogP contribution in [0.1, 0.15) is 83.9 Å². The Morgan fingerprint density at radius 3 is 2.55 bits per heavy atom. The summed E-state index contributed by atoms with van der Waals surface area (Å²) in [6, 6.07) is 0.255. The minimum absolute atomic E-state index is 0.207. The fraction of sp³-hybridized carbons (Fsp3) is 0.679. The molecule has 0 saturated heterocycles. The Bertz CT molecular complexity index is 1340. The van der Waals surface area contributed by atoms with Crippen molar-refractivity contribution in [1.82, 2.24) is 29.7 Å². The maximum Gasteiger partial charge on any atom is 0.439 e. The van der Waals surface area contributed by atoms with E-state index in [4.69, 9.17) is 24.2 Å². The monoisotopic (exact) mass is 521 g/mol. The highest BCUT2D eigenvalue weighted by Gasteiger charge is 2.45. The lowest BCUT2D eigenvalue weighted by Gasteiger charge is -2.41. The highest BCUT2D eigenvalue weighted by molar-refractivity contribution is 5.86. The van der Waals surface area contributed by atoms with Gasteiger partial charge in [-0.2, -0.15) is 0 Å². The number of fused-ring (bicyclic) bond motifs is 1. The van der Waals surface area contributed by atoms with Gasteiger partial charge >= 0.3 is 5.76 Å². The lowest BCUT2D eigenvalue weighted by Crippen LogP contribution is -2.40. The zero-order valence-corrected chi connectivity index (χ0v) is 22.5. The maximum atomic E-state index is 11.7. The van der Waals surface area contributed by atoms with Crippen molar-refractivity contribution in [3.05, 3.63) is 29.0 Å². The van der Waals surface area contributed by atoms with E-state index in [1.165, 1.54) is 32.1 Å². The van der Waals surface area contributed by atoms with Crippen LogP contribution in [0.4, 0.5) is 5.82 Å². The maximum absolute atomic E-state index is 11.7. The van der Waals surface area contributed by atoms with Gasteiger partial charge in [-0.25, -0.2) is 19.7 Å². The van der Waals surface area contributed by atoms with E-state index in [1.54, 1.807) is 0 Å². The molecule has 6 rings (SSSR count). The van der Waals surface area contributed by atoms with Gasteiger partial charge in [0.25, 0.3) is 0 Å². The van der Waals surface area contributed by atoms with Crippen molar-refractivity contribution in [3.8, 4) is 11.6 Å².